The Kier molecular flexibility index (Phi) is 3.26. The van der Waals surface area contributed by atoms with Gasteiger partial charge in [-0.2, -0.15) is 10.1 Å². The summed E-state index contributed by atoms with van der Waals surface area (Å²) in [5, 5.41) is 5.32. The lowest BCUT2D eigenvalue weighted by Crippen LogP contribution is -2.40. The van der Waals surface area contributed by atoms with E-state index in [2.05, 4.69) is 17.3 Å². The van der Waals surface area contributed by atoms with E-state index in [1.807, 2.05) is 12.1 Å². The van der Waals surface area contributed by atoms with Gasteiger partial charge >= 0.3 is 0 Å². The van der Waals surface area contributed by atoms with Crippen molar-refractivity contribution in [1.82, 2.24) is 5.01 Å². The summed E-state index contributed by atoms with van der Waals surface area (Å²) < 4.78 is 10.7. The summed E-state index contributed by atoms with van der Waals surface area (Å²) in [6, 6.07) is 5.41. The highest BCUT2D eigenvalue weighted by Gasteiger charge is 2.67. The van der Waals surface area contributed by atoms with Crippen molar-refractivity contribution in [2.75, 3.05) is 14.2 Å². The Morgan fingerprint density at radius 1 is 1.04 bits per heavy atom. The van der Waals surface area contributed by atoms with E-state index in [1.54, 1.807) is 20.3 Å². The first-order valence-electron chi connectivity index (χ1n) is 8.96. The first kappa shape index (κ1) is 15.6. The third-order valence-corrected chi connectivity index (χ3v) is 6.39. The summed E-state index contributed by atoms with van der Waals surface area (Å²) in [6.07, 6.45) is 6.97. The Morgan fingerprint density at radius 2 is 1.69 bits per heavy atom. The molecule has 0 aromatic heterocycles. The number of para-hydroxylation sites is 1. The van der Waals surface area contributed by atoms with E-state index in [0.717, 1.165) is 11.4 Å². The number of allylic oxidation sites excluding steroid dienone is 2. The molecule has 6 rings (SSSR count). The standard InChI is InChI=1S/C20H20N2O4/c1-25-15-5-3-4-10(18(15)26-2)9-21-22-19(23)16-11-6-7-12(14-8-13(11)14)17(16)20(22)24/h3-7,9,11-14,16-17H,8H2,1-2H3/b21-9-/t11-,12+,13-,14-,16+,17+/m1/s1. The molecule has 4 aliphatic carbocycles. The van der Waals surface area contributed by atoms with Gasteiger partial charge in [0.25, 0.3) is 11.8 Å². The molecule has 0 N–H and O–H groups in total. The van der Waals surface area contributed by atoms with Gasteiger partial charge in [0.05, 0.1) is 32.3 Å². The lowest BCUT2D eigenvalue weighted by atomic mass is 9.63. The van der Waals surface area contributed by atoms with Crippen LogP contribution in [0, 0.1) is 35.5 Å². The van der Waals surface area contributed by atoms with Gasteiger partial charge in [0.1, 0.15) is 0 Å². The molecule has 5 aliphatic rings. The van der Waals surface area contributed by atoms with Gasteiger partial charge < -0.3 is 9.47 Å². The lowest BCUT2D eigenvalue weighted by Gasteiger charge is -2.37. The fourth-order valence-corrected chi connectivity index (χ4v) is 5.19. The van der Waals surface area contributed by atoms with Crippen LogP contribution in [-0.4, -0.2) is 37.3 Å². The first-order valence-corrected chi connectivity index (χ1v) is 8.96. The number of rotatable bonds is 4. The van der Waals surface area contributed by atoms with Crippen molar-refractivity contribution in [3.05, 3.63) is 35.9 Å². The van der Waals surface area contributed by atoms with Crippen LogP contribution >= 0.6 is 0 Å². The van der Waals surface area contributed by atoms with E-state index in [4.69, 9.17) is 9.47 Å². The lowest BCUT2D eigenvalue weighted by molar-refractivity contribution is -0.140. The molecule has 0 unspecified atom stereocenters. The molecule has 6 nitrogen and oxygen atoms in total. The highest BCUT2D eigenvalue weighted by Crippen LogP contribution is 2.65. The zero-order valence-corrected chi connectivity index (χ0v) is 14.7. The fraction of sp³-hybridized carbons (Fsp3) is 0.450. The molecule has 0 radical (unpaired) electrons. The van der Waals surface area contributed by atoms with Crippen molar-refractivity contribution < 1.29 is 19.1 Å². The third-order valence-electron chi connectivity index (χ3n) is 6.39. The Balaban J connectivity index is 1.45. The van der Waals surface area contributed by atoms with E-state index in [1.165, 1.54) is 6.21 Å². The normalized spacial score (nSPS) is 36.5. The molecule has 2 bridgehead atoms. The van der Waals surface area contributed by atoms with Gasteiger partial charge in [0.15, 0.2) is 11.5 Å². The van der Waals surface area contributed by atoms with Crippen LogP contribution in [0.3, 0.4) is 0 Å². The summed E-state index contributed by atoms with van der Waals surface area (Å²) in [5.74, 6) is 1.90. The van der Waals surface area contributed by atoms with Crippen LogP contribution < -0.4 is 9.47 Å². The molecule has 6 atom stereocenters. The minimum absolute atomic E-state index is 0.164. The summed E-state index contributed by atoms with van der Waals surface area (Å²) >= 11 is 0. The highest BCUT2D eigenvalue weighted by molar-refractivity contribution is 6.06. The summed E-state index contributed by atoms with van der Waals surface area (Å²) in [7, 11) is 3.11. The topological polar surface area (TPSA) is 68.2 Å². The van der Waals surface area contributed by atoms with Gasteiger partial charge in [-0.05, 0) is 42.2 Å². The second-order valence-electron chi connectivity index (χ2n) is 7.47. The maximum atomic E-state index is 12.9. The second kappa shape index (κ2) is 5.43. The average molecular weight is 352 g/mol. The third kappa shape index (κ3) is 1.95. The molecule has 2 saturated carbocycles. The molecular weight excluding hydrogens is 332 g/mol. The zero-order chi connectivity index (χ0) is 18.0. The van der Waals surface area contributed by atoms with Gasteiger partial charge in [-0.3, -0.25) is 9.59 Å². The fourth-order valence-electron chi connectivity index (χ4n) is 5.19. The predicted molar refractivity (Wildman–Crippen MR) is 93.7 cm³/mol. The van der Waals surface area contributed by atoms with Crippen LogP contribution in [0.15, 0.2) is 35.5 Å². The molecule has 0 spiro atoms. The number of imide groups is 1. The molecular formula is C20H20N2O4. The minimum Gasteiger partial charge on any atom is -0.493 e. The predicted octanol–water partition coefficient (Wildman–Crippen LogP) is 2.09. The van der Waals surface area contributed by atoms with Crippen LogP contribution in [0.5, 0.6) is 11.5 Å². The molecule has 26 heavy (non-hydrogen) atoms. The minimum atomic E-state index is -0.231. The van der Waals surface area contributed by atoms with Crippen LogP contribution in [-0.2, 0) is 9.59 Å². The molecule has 1 aromatic carbocycles. The van der Waals surface area contributed by atoms with Crippen LogP contribution in [0.4, 0.5) is 0 Å². The Bertz CT molecular complexity index is 825. The van der Waals surface area contributed by atoms with E-state index < -0.39 is 0 Å². The Labute approximate surface area is 151 Å². The molecule has 134 valence electrons. The average Bonchev–Trinajstić information content (AvgIpc) is 3.45. The van der Waals surface area contributed by atoms with Crippen LogP contribution in [0.1, 0.15) is 12.0 Å². The first-order chi connectivity index (χ1) is 12.7. The molecule has 2 amide bonds. The Morgan fingerprint density at radius 3 is 2.27 bits per heavy atom. The SMILES string of the molecule is COc1cccc(/C=N\N2C(=O)[C@H]3[C@@H]4C=C[C@@H]([C@H]5C[C@H]45)[C@@H]3C2=O)c1OC. The largest absolute Gasteiger partial charge is 0.493 e. The number of hydrazone groups is 1. The quantitative estimate of drug-likeness (QED) is 0.473. The summed E-state index contributed by atoms with van der Waals surface area (Å²) in [5.41, 5.74) is 0.659. The molecule has 1 aromatic rings. The molecule has 1 aliphatic heterocycles. The van der Waals surface area contributed by atoms with Crippen LogP contribution in [0.25, 0.3) is 0 Å². The smallest absolute Gasteiger partial charge is 0.254 e. The van der Waals surface area contributed by atoms with E-state index >= 15 is 0 Å². The van der Waals surface area contributed by atoms with Crippen molar-refractivity contribution in [1.29, 1.82) is 0 Å². The van der Waals surface area contributed by atoms with E-state index in [0.29, 0.717) is 28.9 Å². The van der Waals surface area contributed by atoms with Crippen molar-refractivity contribution in [2.24, 2.45) is 40.6 Å². The number of methoxy groups -OCH3 is 2. The number of benzene rings is 1. The molecule has 6 heteroatoms. The summed E-state index contributed by atoms with van der Waals surface area (Å²) in [4.78, 5) is 25.8. The van der Waals surface area contributed by atoms with Crippen molar-refractivity contribution in [3.8, 4) is 11.5 Å². The van der Waals surface area contributed by atoms with Gasteiger partial charge in [0, 0.05) is 5.56 Å². The van der Waals surface area contributed by atoms with E-state index in [-0.39, 0.29) is 35.5 Å². The number of amides is 2. The van der Waals surface area contributed by atoms with Crippen molar-refractivity contribution in [3.63, 3.8) is 0 Å². The van der Waals surface area contributed by atoms with Crippen molar-refractivity contribution >= 4 is 18.0 Å². The van der Waals surface area contributed by atoms with Crippen molar-refractivity contribution in [2.45, 2.75) is 6.42 Å². The number of nitrogens with zero attached hydrogens (tertiary/aromatic N) is 2. The number of hydrogen-bond acceptors (Lipinski definition) is 5. The monoisotopic (exact) mass is 352 g/mol. The maximum absolute atomic E-state index is 12.9. The number of carbonyl (C=O) groups excluding carboxylic acids is 2. The molecule has 3 fully saturated rings. The van der Waals surface area contributed by atoms with Gasteiger partial charge in [-0.15, -0.1) is 0 Å². The number of carbonyl (C=O) groups is 2. The molecule has 1 heterocycles. The van der Waals surface area contributed by atoms with Crippen LogP contribution in [0.2, 0.25) is 0 Å². The van der Waals surface area contributed by atoms with Gasteiger partial charge in [-0.25, -0.2) is 0 Å². The highest BCUT2D eigenvalue weighted by atomic mass is 16.5. The van der Waals surface area contributed by atoms with Gasteiger partial charge in [-0.1, -0.05) is 18.2 Å². The summed E-state index contributed by atoms with van der Waals surface area (Å²) in [6.45, 7) is 0. The zero-order valence-electron chi connectivity index (χ0n) is 14.7. The maximum Gasteiger partial charge on any atom is 0.254 e. The molecule has 1 saturated heterocycles. The second-order valence-corrected chi connectivity index (χ2v) is 7.47. The number of hydrogen-bond donors (Lipinski definition) is 0. The van der Waals surface area contributed by atoms with E-state index in [9.17, 15) is 9.59 Å². The Hall–Kier alpha value is -2.63. The van der Waals surface area contributed by atoms with Gasteiger partial charge in [0.2, 0.25) is 0 Å². The number of ether oxygens (including phenoxy) is 2.